The number of rotatable bonds is 6. The average Bonchev–Trinajstić information content (AvgIpc) is 2.94. The number of fused-ring (bicyclic) bond motifs is 1. The van der Waals surface area contributed by atoms with Crippen LogP contribution in [-0.2, 0) is 14.3 Å². The third kappa shape index (κ3) is 4.97. The minimum absolute atomic E-state index is 0.00831. The first-order chi connectivity index (χ1) is 13.1. The molecule has 3 rings (SSSR count). The second-order valence-corrected chi connectivity index (χ2v) is 6.75. The lowest BCUT2D eigenvalue weighted by Gasteiger charge is -2.23. The van der Waals surface area contributed by atoms with Crippen LogP contribution in [-0.4, -0.2) is 84.6 Å². The number of amides is 1. The van der Waals surface area contributed by atoms with Gasteiger partial charge in [0.15, 0.2) is 0 Å². The van der Waals surface area contributed by atoms with Gasteiger partial charge in [0.2, 0.25) is 11.9 Å². The summed E-state index contributed by atoms with van der Waals surface area (Å²) < 4.78 is 4.90. The fourth-order valence-corrected chi connectivity index (χ4v) is 3.23. The lowest BCUT2D eigenvalue weighted by atomic mass is 10.3. The number of esters is 1. The maximum absolute atomic E-state index is 12.4. The van der Waals surface area contributed by atoms with E-state index in [1.807, 2.05) is 24.3 Å². The van der Waals surface area contributed by atoms with Crippen molar-refractivity contribution in [3.05, 3.63) is 24.3 Å². The van der Waals surface area contributed by atoms with Crippen molar-refractivity contribution in [1.82, 2.24) is 19.8 Å². The van der Waals surface area contributed by atoms with Gasteiger partial charge in [-0.2, -0.15) is 0 Å². The Morgan fingerprint density at radius 1 is 1.22 bits per heavy atom. The highest BCUT2D eigenvalue weighted by molar-refractivity contribution is 5.83. The molecule has 0 radical (unpaired) electrons. The van der Waals surface area contributed by atoms with Crippen LogP contribution in [0.4, 0.5) is 5.95 Å². The monoisotopic (exact) mass is 373 g/mol. The topological polar surface area (TPSA) is 81.8 Å². The zero-order chi connectivity index (χ0) is 19.2. The molecule has 146 valence electrons. The van der Waals surface area contributed by atoms with E-state index in [-0.39, 0.29) is 18.4 Å². The molecule has 1 aromatic carbocycles. The predicted molar refractivity (Wildman–Crippen MR) is 104 cm³/mol. The standard InChI is InChI=1S/C19H27N5O3/c1-3-27-18(26)14-22(2)17(25)13-23-9-6-10-24(12-11-23)19-20-15-7-4-5-8-16(15)21-19/h4-5,7-8H,3,6,9-14H2,1-2H3,(H,20,21). The highest BCUT2D eigenvalue weighted by Gasteiger charge is 2.21. The molecule has 1 fully saturated rings. The van der Waals surface area contributed by atoms with E-state index in [1.165, 1.54) is 4.90 Å². The van der Waals surface area contributed by atoms with Gasteiger partial charge < -0.3 is 19.5 Å². The molecular weight excluding hydrogens is 346 g/mol. The lowest BCUT2D eigenvalue weighted by molar-refractivity contribution is -0.148. The number of aromatic amines is 1. The van der Waals surface area contributed by atoms with Crippen LogP contribution in [0.25, 0.3) is 11.0 Å². The molecule has 0 unspecified atom stereocenters. The van der Waals surface area contributed by atoms with E-state index >= 15 is 0 Å². The van der Waals surface area contributed by atoms with Crippen LogP contribution in [0.3, 0.4) is 0 Å². The summed E-state index contributed by atoms with van der Waals surface area (Å²) in [5, 5.41) is 0. The van der Waals surface area contributed by atoms with Gasteiger partial charge in [-0.1, -0.05) is 12.1 Å². The van der Waals surface area contributed by atoms with E-state index in [0.717, 1.165) is 49.6 Å². The van der Waals surface area contributed by atoms with Crippen molar-refractivity contribution < 1.29 is 14.3 Å². The Kier molecular flexibility index (Phi) is 6.28. The highest BCUT2D eigenvalue weighted by Crippen LogP contribution is 2.18. The maximum Gasteiger partial charge on any atom is 0.325 e. The molecular formula is C19H27N5O3. The number of benzene rings is 1. The summed E-state index contributed by atoms with van der Waals surface area (Å²) in [5.74, 6) is 0.435. The number of H-pyrrole nitrogens is 1. The van der Waals surface area contributed by atoms with Crippen molar-refractivity contribution in [3.63, 3.8) is 0 Å². The smallest absolute Gasteiger partial charge is 0.325 e. The lowest BCUT2D eigenvalue weighted by Crippen LogP contribution is -2.42. The van der Waals surface area contributed by atoms with Crippen LogP contribution in [0.2, 0.25) is 0 Å². The van der Waals surface area contributed by atoms with Gasteiger partial charge in [0, 0.05) is 33.2 Å². The molecule has 1 saturated heterocycles. The molecule has 8 nitrogen and oxygen atoms in total. The largest absolute Gasteiger partial charge is 0.465 e. The molecule has 1 aliphatic rings. The van der Waals surface area contributed by atoms with Crippen LogP contribution in [0.5, 0.6) is 0 Å². The number of likely N-dealkylation sites (N-methyl/N-ethyl adjacent to an activating group) is 1. The Bertz CT molecular complexity index is 757. The first-order valence-corrected chi connectivity index (χ1v) is 9.38. The fraction of sp³-hybridized carbons (Fsp3) is 0.526. The summed E-state index contributed by atoms with van der Waals surface area (Å²) in [4.78, 5) is 37.7. The van der Waals surface area contributed by atoms with Gasteiger partial charge in [0.05, 0.1) is 24.2 Å². The van der Waals surface area contributed by atoms with Gasteiger partial charge in [0.1, 0.15) is 6.54 Å². The van der Waals surface area contributed by atoms with Crippen LogP contribution in [0, 0.1) is 0 Å². The quantitative estimate of drug-likeness (QED) is 0.764. The number of nitrogens with one attached hydrogen (secondary N) is 1. The summed E-state index contributed by atoms with van der Waals surface area (Å²) in [5.41, 5.74) is 1.99. The Morgan fingerprint density at radius 3 is 2.81 bits per heavy atom. The van der Waals surface area contributed by atoms with Crippen LogP contribution in [0.15, 0.2) is 24.3 Å². The Hall–Kier alpha value is -2.61. The van der Waals surface area contributed by atoms with Crippen molar-refractivity contribution in [1.29, 1.82) is 0 Å². The molecule has 0 saturated carbocycles. The number of aromatic nitrogens is 2. The number of nitrogens with zero attached hydrogens (tertiary/aromatic N) is 4. The third-order valence-corrected chi connectivity index (χ3v) is 4.72. The van der Waals surface area contributed by atoms with Gasteiger partial charge in [-0.05, 0) is 25.5 Å². The SMILES string of the molecule is CCOC(=O)CN(C)C(=O)CN1CCCN(c2nc3ccccc3[nH]2)CC1. The van der Waals surface area contributed by atoms with Crippen LogP contribution < -0.4 is 4.90 Å². The summed E-state index contributed by atoms with van der Waals surface area (Å²) >= 11 is 0. The Balaban J connectivity index is 1.53. The van der Waals surface area contributed by atoms with Crippen molar-refractivity contribution in [2.24, 2.45) is 0 Å². The van der Waals surface area contributed by atoms with Gasteiger partial charge in [-0.25, -0.2) is 4.98 Å². The van der Waals surface area contributed by atoms with E-state index < -0.39 is 0 Å². The molecule has 2 aromatic rings. The maximum atomic E-state index is 12.4. The number of carbonyl (C=O) groups is 2. The van der Waals surface area contributed by atoms with Crippen molar-refractivity contribution in [2.45, 2.75) is 13.3 Å². The average molecular weight is 373 g/mol. The first-order valence-electron chi connectivity index (χ1n) is 9.38. The Morgan fingerprint density at radius 2 is 2.04 bits per heavy atom. The minimum atomic E-state index is -0.375. The summed E-state index contributed by atoms with van der Waals surface area (Å²) in [6.45, 7) is 5.69. The molecule has 1 amide bonds. The predicted octanol–water partition coefficient (Wildman–Crippen LogP) is 1.10. The second-order valence-electron chi connectivity index (χ2n) is 6.75. The van der Waals surface area contributed by atoms with Gasteiger partial charge in [-0.15, -0.1) is 0 Å². The third-order valence-electron chi connectivity index (χ3n) is 4.72. The molecule has 0 aliphatic carbocycles. The van der Waals surface area contributed by atoms with E-state index in [9.17, 15) is 9.59 Å². The molecule has 0 atom stereocenters. The zero-order valence-corrected chi connectivity index (χ0v) is 16.0. The molecule has 1 N–H and O–H groups in total. The number of anilines is 1. The van der Waals surface area contributed by atoms with Gasteiger partial charge in [-0.3, -0.25) is 14.5 Å². The molecule has 1 aromatic heterocycles. The Labute approximate surface area is 159 Å². The number of imidazole rings is 1. The van der Waals surface area contributed by atoms with Crippen molar-refractivity contribution >= 4 is 28.9 Å². The molecule has 2 heterocycles. The van der Waals surface area contributed by atoms with E-state index in [4.69, 9.17) is 4.74 Å². The van der Waals surface area contributed by atoms with E-state index in [0.29, 0.717) is 13.2 Å². The fourth-order valence-electron chi connectivity index (χ4n) is 3.23. The van der Waals surface area contributed by atoms with Crippen molar-refractivity contribution in [3.8, 4) is 0 Å². The van der Waals surface area contributed by atoms with Crippen molar-refractivity contribution in [2.75, 3.05) is 57.8 Å². The van der Waals surface area contributed by atoms with E-state index in [2.05, 4.69) is 19.8 Å². The number of para-hydroxylation sites is 2. The number of hydrogen-bond acceptors (Lipinski definition) is 6. The summed E-state index contributed by atoms with van der Waals surface area (Å²) in [6.07, 6.45) is 0.950. The van der Waals surface area contributed by atoms with Crippen LogP contribution >= 0.6 is 0 Å². The number of ether oxygens (including phenoxy) is 1. The minimum Gasteiger partial charge on any atom is -0.465 e. The normalized spacial score (nSPS) is 15.6. The van der Waals surface area contributed by atoms with Gasteiger partial charge >= 0.3 is 5.97 Å². The second kappa shape index (κ2) is 8.85. The summed E-state index contributed by atoms with van der Waals surface area (Å²) in [6, 6.07) is 7.99. The first kappa shape index (κ1) is 19.2. The summed E-state index contributed by atoms with van der Waals surface area (Å²) in [7, 11) is 1.64. The number of hydrogen-bond donors (Lipinski definition) is 1. The molecule has 27 heavy (non-hydrogen) atoms. The highest BCUT2D eigenvalue weighted by atomic mass is 16.5. The molecule has 0 bridgehead atoms. The van der Waals surface area contributed by atoms with Crippen LogP contribution in [0.1, 0.15) is 13.3 Å². The molecule has 1 aliphatic heterocycles. The van der Waals surface area contributed by atoms with E-state index in [1.54, 1.807) is 14.0 Å². The molecule has 0 spiro atoms. The molecule has 8 heteroatoms. The zero-order valence-electron chi connectivity index (χ0n) is 16.0. The number of carbonyl (C=O) groups excluding carboxylic acids is 2. The van der Waals surface area contributed by atoms with Gasteiger partial charge in [0.25, 0.3) is 0 Å².